The Morgan fingerprint density at radius 1 is 0.900 bits per heavy atom. The maximum Gasteiger partial charge on any atom is 0.337 e. The molecule has 0 aliphatic rings. The summed E-state index contributed by atoms with van der Waals surface area (Å²) in [6, 6.07) is 27.3. The van der Waals surface area contributed by atoms with Crippen molar-refractivity contribution in [3.05, 3.63) is 90.5 Å². The van der Waals surface area contributed by atoms with Crippen LogP contribution in [0.25, 0.3) is 39.5 Å². The van der Waals surface area contributed by atoms with Crippen molar-refractivity contribution in [2.45, 2.75) is 0 Å². The van der Waals surface area contributed by atoms with E-state index in [1.165, 1.54) is 7.11 Å². The maximum atomic E-state index is 12.0. The van der Waals surface area contributed by atoms with Gasteiger partial charge in [-0.1, -0.05) is 60.7 Å². The highest BCUT2D eigenvalue weighted by Gasteiger charge is 2.18. The number of fused-ring (bicyclic) bond motifs is 1. The molecule has 0 saturated carbocycles. The first-order chi connectivity index (χ1) is 14.7. The number of hydrogen-bond acceptors (Lipinski definition) is 4. The van der Waals surface area contributed by atoms with Crippen LogP contribution in [0.2, 0.25) is 0 Å². The number of nitrogens with one attached hydrogen (secondary N) is 1. The Labute approximate surface area is 172 Å². The molecule has 6 heteroatoms. The summed E-state index contributed by atoms with van der Waals surface area (Å²) in [5.41, 5.74) is 4.93. The normalized spacial score (nSPS) is 11.0. The predicted molar refractivity (Wildman–Crippen MR) is 115 cm³/mol. The average Bonchev–Trinajstić information content (AvgIpc) is 3.44. The summed E-state index contributed by atoms with van der Waals surface area (Å²) in [7, 11) is 1.37. The fourth-order valence-electron chi connectivity index (χ4n) is 3.53. The molecule has 0 unspecified atom stereocenters. The van der Waals surface area contributed by atoms with Crippen molar-refractivity contribution in [2.75, 3.05) is 7.11 Å². The van der Waals surface area contributed by atoms with Gasteiger partial charge in [-0.25, -0.2) is 9.78 Å². The number of aromatic amines is 1. The molecule has 0 aliphatic carbocycles. The summed E-state index contributed by atoms with van der Waals surface area (Å²) in [6.07, 6.45) is 0. The summed E-state index contributed by atoms with van der Waals surface area (Å²) in [5, 5.41) is 7.67. The van der Waals surface area contributed by atoms with Gasteiger partial charge in [0.2, 0.25) is 0 Å². The second-order valence-corrected chi connectivity index (χ2v) is 6.84. The van der Waals surface area contributed by atoms with Gasteiger partial charge in [0, 0.05) is 11.6 Å². The van der Waals surface area contributed by atoms with E-state index in [-0.39, 0.29) is 5.97 Å². The zero-order valence-corrected chi connectivity index (χ0v) is 16.2. The van der Waals surface area contributed by atoms with Gasteiger partial charge in [0.25, 0.3) is 0 Å². The first-order valence-electron chi connectivity index (χ1n) is 9.52. The topological polar surface area (TPSA) is 72.8 Å². The number of hydrogen-bond donors (Lipinski definition) is 1. The summed E-state index contributed by atoms with van der Waals surface area (Å²) < 4.78 is 6.85. The van der Waals surface area contributed by atoms with E-state index in [4.69, 9.17) is 9.72 Å². The van der Waals surface area contributed by atoms with Crippen LogP contribution in [0, 0.1) is 0 Å². The zero-order chi connectivity index (χ0) is 20.5. The molecule has 3 aromatic carbocycles. The first-order valence-corrected chi connectivity index (χ1v) is 9.52. The summed E-state index contributed by atoms with van der Waals surface area (Å²) >= 11 is 0. The van der Waals surface area contributed by atoms with Gasteiger partial charge < -0.3 is 4.74 Å². The Kier molecular flexibility index (Phi) is 4.37. The molecule has 1 N–H and O–H groups in total. The average molecular weight is 394 g/mol. The Balaban J connectivity index is 1.72. The minimum absolute atomic E-state index is 0.390. The number of esters is 1. The number of rotatable bonds is 4. The monoisotopic (exact) mass is 394 g/mol. The Bertz CT molecular complexity index is 1340. The lowest BCUT2D eigenvalue weighted by atomic mass is 10.1. The highest BCUT2D eigenvalue weighted by atomic mass is 16.5. The summed E-state index contributed by atoms with van der Waals surface area (Å²) in [4.78, 5) is 16.8. The van der Waals surface area contributed by atoms with Crippen molar-refractivity contribution < 1.29 is 9.53 Å². The van der Waals surface area contributed by atoms with Crippen LogP contribution >= 0.6 is 0 Å². The number of ether oxygens (including phenoxy) is 1. The predicted octanol–water partition coefficient (Wildman–Crippen LogP) is 4.87. The van der Waals surface area contributed by atoms with Crippen molar-refractivity contribution in [3.63, 3.8) is 0 Å². The lowest BCUT2D eigenvalue weighted by molar-refractivity contribution is 0.0601. The van der Waals surface area contributed by atoms with Gasteiger partial charge in [0.1, 0.15) is 5.82 Å². The van der Waals surface area contributed by atoms with E-state index in [9.17, 15) is 4.79 Å². The van der Waals surface area contributed by atoms with Gasteiger partial charge in [0.05, 0.1) is 29.4 Å². The van der Waals surface area contributed by atoms with Crippen molar-refractivity contribution in [1.29, 1.82) is 0 Å². The molecule has 2 aromatic heterocycles. The van der Waals surface area contributed by atoms with Gasteiger partial charge in [-0.15, -0.1) is 0 Å². The molecule has 0 bridgehead atoms. The molecule has 5 rings (SSSR count). The number of methoxy groups -OCH3 is 1. The molecule has 0 amide bonds. The Morgan fingerprint density at radius 2 is 1.60 bits per heavy atom. The minimum atomic E-state index is -0.390. The van der Waals surface area contributed by atoms with Crippen LogP contribution < -0.4 is 0 Å². The minimum Gasteiger partial charge on any atom is -0.465 e. The highest BCUT2D eigenvalue weighted by molar-refractivity contribution is 5.95. The zero-order valence-electron chi connectivity index (χ0n) is 16.2. The molecule has 30 heavy (non-hydrogen) atoms. The number of H-pyrrole nitrogens is 1. The molecule has 0 spiro atoms. The van der Waals surface area contributed by atoms with Gasteiger partial charge >= 0.3 is 5.97 Å². The number of carbonyl (C=O) groups excluding carboxylic acids is 1. The second-order valence-electron chi connectivity index (χ2n) is 6.84. The molecule has 5 aromatic rings. The van der Waals surface area contributed by atoms with Gasteiger partial charge in [-0.3, -0.25) is 9.67 Å². The third-order valence-electron chi connectivity index (χ3n) is 4.99. The number of aromatic nitrogens is 4. The smallest absolute Gasteiger partial charge is 0.337 e. The van der Waals surface area contributed by atoms with Crippen molar-refractivity contribution in [3.8, 4) is 28.5 Å². The summed E-state index contributed by atoms with van der Waals surface area (Å²) in [5.74, 6) is 1.08. The number of carbonyl (C=O) groups is 1. The van der Waals surface area contributed by atoms with Crippen LogP contribution in [-0.2, 0) is 4.74 Å². The van der Waals surface area contributed by atoms with E-state index in [2.05, 4.69) is 10.2 Å². The van der Waals surface area contributed by atoms with Crippen molar-refractivity contribution >= 4 is 17.0 Å². The summed E-state index contributed by atoms with van der Waals surface area (Å²) in [6.45, 7) is 0. The third-order valence-corrected chi connectivity index (χ3v) is 4.99. The molecule has 0 saturated heterocycles. The number of benzene rings is 3. The molecule has 0 radical (unpaired) electrons. The number of imidazole rings is 1. The van der Waals surface area contributed by atoms with Gasteiger partial charge in [-0.2, -0.15) is 5.10 Å². The Morgan fingerprint density at radius 3 is 2.30 bits per heavy atom. The van der Waals surface area contributed by atoms with Crippen LogP contribution in [0.1, 0.15) is 10.4 Å². The quantitative estimate of drug-likeness (QED) is 0.442. The number of nitrogens with zero attached hydrogens (tertiary/aromatic N) is 3. The molecule has 0 aliphatic heterocycles. The molecule has 146 valence electrons. The molecular formula is C24H18N4O2. The molecule has 0 atom stereocenters. The van der Waals surface area contributed by atoms with Crippen molar-refractivity contribution in [1.82, 2.24) is 19.7 Å². The van der Waals surface area contributed by atoms with Crippen LogP contribution in [0.15, 0.2) is 84.9 Å². The standard InChI is InChI=1S/C24H18N4O2/c1-30-24(29)18-12-13-21-20(14-18)25-23(17-10-6-3-7-11-17)28(21)22-15-19(26-27-22)16-8-4-2-5-9-16/h2-15H,1H3,(H,26,27). The molecule has 2 heterocycles. The second kappa shape index (κ2) is 7.33. The van der Waals surface area contributed by atoms with Crippen LogP contribution in [-0.4, -0.2) is 32.8 Å². The first kappa shape index (κ1) is 17.9. The van der Waals surface area contributed by atoms with E-state index in [1.54, 1.807) is 12.1 Å². The van der Waals surface area contributed by atoms with Gasteiger partial charge in [0.15, 0.2) is 5.82 Å². The lowest BCUT2D eigenvalue weighted by Gasteiger charge is -2.06. The largest absolute Gasteiger partial charge is 0.465 e. The maximum absolute atomic E-state index is 12.0. The van der Waals surface area contributed by atoms with Crippen LogP contribution in [0.5, 0.6) is 0 Å². The Hall–Kier alpha value is -4.19. The van der Waals surface area contributed by atoms with E-state index >= 15 is 0 Å². The van der Waals surface area contributed by atoms with Crippen molar-refractivity contribution in [2.24, 2.45) is 0 Å². The van der Waals surface area contributed by atoms with E-state index in [0.717, 1.165) is 34.0 Å². The fraction of sp³-hybridized carbons (Fsp3) is 0.0417. The molecule has 0 fully saturated rings. The van der Waals surface area contributed by atoms with E-state index in [1.807, 2.05) is 77.4 Å². The molecular weight excluding hydrogens is 376 g/mol. The SMILES string of the molecule is COC(=O)c1ccc2c(c1)nc(-c1ccccc1)n2-c1cc(-c2ccccc2)[nH]n1. The fourth-order valence-corrected chi connectivity index (χ4v) is 3.53. The lowest BCUT2D eigenvalue weighted by Crippen LogP contribution is -2.01. The third kappa shape index (κ3) is 3.04. The van der Waals surface area contributed by atoms with E-state index < -0.39 is 0 Å². The molecule has 6 nitrogen and oxygen atoms in total. The van der Waals surface area contributed by atoms with Gasteiger partial charge in [-0.05, 0) is 23.8 Å². The van der Waals surface area contributed by atoms with Crippen LogP contribution in [0.4, 0.5) is 0 Å². The highest BCUT2D eigenvalue weighted by Crippen LogP contribution is 2.30. The van der Waals surface area contributed by atoms with E-state index in [0.29, 0.717) is 11.1 Å². The van der Waals surface area contributed by atoms with Crippen LogP contribution in [0.3, 0.4) is 0 Å².